The highest BCUT2D eigenvalue weighted by Gasteiger charge is 2.34. The molecule has 3 nitrogen and oxygen atoms in total. The van der Waals surface area contributed by atoms with Gasteiger partial charge in [0, 0.05) is 0 Å². The average Bonchev–Trinajstić information content (AvgIpc) is 2.44. The summed E-state index contributed by atoms with van der Waals surface area (Å²) < 4.78 is 37.7. The minimum absolute atomic E-state index is 0.277. The number of benzene rings is 1. The first kappa shape index (κ1) is 19.9. The fourth-order valence-electron chi connectivity index (χ4n) is 2.62. The Morgan fingerprint density at radius 3 is 1.87 bits per heavy atom. The largest absolute Gasteiger partial charge is 0.416 e. The molecular weight excluding hydrogens is 309 g/mol. The van der Waals surface area contributed by atoms with Crippen LogP contribution < -0.4 is 0 Å². The van der Waals surface area contributed by atoms with Crippen LogP contribution in [0.4, 0.5) is 13.2 Å². The van der Waals surface area contributed by atoms with E-state index in [0.29, 0.717) is 12.8 Å². The Morgan fingerprint density at radius 1 is 0.870 bits per heavy atom. The van der Waals surface area contributed by atoms with Gasteiger partial charge in [0.25, 0.3) is 5.97 Å². The number of hydrogen-bond donors (Lipinski definition) is 3. The molecule has 1 rings (SSSR count). The zero-order valence-electron chi connectivity index (χ0n) is 13.3. The van der Waals surface area contributed by atoms with Crippen molar-refractivity contribution in [3.63, 3.8) is 0 Å². The summed E-state index contributed by atoms with van der Waals surface area (Å²) in [5.41, 5.74) is -0.530. The summed E-state index contributed by atoms with van der Waals surface area (Å²) in [5, 5.41) is 28.5. The Hall–Kier alpha value is -1.11. The third-order valence-corrected chi connectivity index (χ3v) is 3.95. The van der Waals surface area contributed by atoms with Crippen LogP contribution in [0.3, 0.4) is 0 Å². The van der Waals surface area contributed by atoms with E-state index in [0.717, 1.165) is 44.2 Å². The fraction of sp³-hybridized carbons (Fsp3) is 0.647. The second kappa shape index (κ2) is 8.66. The molecule has 1 atom stereocenters. The molecular formula is C17H25F3O3. The molecule has 0 radical (unpaired) electrons. The van der Waals surface area contributed by atoms with Crippen LogP contribution >= 0.6 is 0 Å². The summed E-state index contributed by atoms with van der Waals surface area (Å²) in [6.07, 6.45) is 1.79. The van der Waals surface area contributed by atoms with Crippen molar-refractivity contribution >= 4 is 0 Å². The van der Waals surface area contributed by atoms with Crippen molar-refractivity contribution in [2.24, 2.45) is 0 Å². The average molecular weight is 334 g/mol. The summed E-state index contributed by atoms with van der Waals surface area (Å²) in [6.45, 7) is 2.11. The summed E-state index contributed by atoms with van der Waals surface area (Å²) in [4.78, 5) is 0. The number of hydrogen-bond acceptors (Lipinski definition) is 3. The monoisotopic (exact) mass is 334 g/mol. The molecule has 0 spiro atoms. The molecule has 3 N–H and O–H groups in total. The second-order valence-electron chi connectivity index (χ2n) is 5.92. The van der Waals surface area contributed by atoms with Crippen LogP contribution in [0.2, 0.25) is 0 Å². The fourth-order valence-corrected chi connectivity index (χ4v) is 2.62. The van der Waals surface area contributed by atoms with E-state index in [9.17, 15) is 28.5 Å². The number of alkyl halides is 3. The lowest BCUT2D eigenvalue weighted by atomic mass is 9.90. The van der Waals surface area contributed by atoms with Gasteiger partial charge in [0.15, 0.2) is 0 Å². The molecule has 0 aliphatic rings. The van der Waals surface area contributed by atoms with Gasteiger partial charge in [-0.1, -0.05) is 57.6 Å². The Morgan fingerprint density at radius 2 is 1.39 bits per heavy atom. The van der Waals surface area contributed by atoms with Gasteiger partial charge >= 0.3 is 6.18 Å². The van der Waals surface area contributed by atoms with Crippen molar-refractivity contribution in [1.82, 2.24) is 0 Å². The second-order valence-corrected chi connectivity index (χ2v) is 5.92. The molecule has 6 heteroatoms. The molecule has 0 saturated heterocycles. The van der Waals surface area contributed by atoms with Gasteiger partial charge < -0.3 is 15.3 Å². The molecule has 1 aromatic carbocycles. The van der Waals surface area contributed by atoms with Crippen LogP contribution in [0, 0.1) is 0 Å². The SMILES string of the molecule is CCCCCCCCC(c1ccc(C(F)(F)F)cc1)C(O)(O)O. The van der Waals surface area contributed by atoms with Crippen molar-refractivity contribution in [2.75, 3.05) is 0 Å². The smallest absolute Gasteiger partial charge is 0.343 e. The maximum absolute atomic E-state index is 12.6. The third-order valence-electron chi connectivity index (χ3n) is 3.95. The Balaban J connectivity index is 2.68. The number of rotatable bonds is 9. The van der Waals surface area contributed by atoms with Gasteiger partial charge in [-0.25, -0.2) is 0 Å². The van der Waals surface area contributed by atoms with Crippen LogP contribution in [0.25, 0.3) is 0 Å². The number of unbranched alkanes of at least 4 members (excludes halogenated alkanes) is 5. The molecule has 0 heterocycles. The molecule has 0 aliphatic heterocycles. The van der Waals surface area contributed by atoms with E-state index in [1.165, 1.54) is 12.1 Å². The van der Waals surface area contributed by atoms with E-state index < -0.39 is 23.6 Å². The summed E-state index contributed by atoms with van der Waals surface area (Å²) in [5.74, 6) is -3.97. The highest BCUT2D eigenvalue weighted by molar-refractivity contribution is 5.27. The number of halogens is 3. The van der Waals surface area contributed by atoms with E-state index >= 15 is 0 Å². The third kappa shape index (κ3) is 6.89. The van der Waals surface area contributed by atoms with Crippen LogP contribution in [0.15, 0.2) is 24.3 Å². The molecule has 1 aromatic rings. The first-order valence-electron chi connectivity index (χ1n) is 8.00. The number of aliphatic hydroxyl groups is 3. The Kier molecular flexibility index (Phi) is 7.51. The van der Waals surface area contributed by atoms with E-state index in [2.05, 4.69) is 6.92 Å². The van der Waals surface area contributed by atoms with Gasteiger partial charge in [0.1, 0.15) is 0 Å². The lowest BCUT2D eigenvalue weighted by molar-refractivity contribution is -0.326. The van der Waals surface area contributed by atoms with E-state index in [-0.39, 0.29) is 5.56 Å². The topological polar surface area (TPSA) is 60.7 Å². The van der Waals surface area contributed by atoms with Gasteiger partial charge in [0.2, 0.25) is 0 Å². The summed E-state index contributed by atoms with van der Waals surface area (Å²) >= 11 is 0. The molecule has 0 aliphatic carbocycles. The maximum Gasteiger partial charge on any atom is 0.416 e. The molecule has 1 unspecified atom stereocenters. The normalized spacial score (nSPS) is 14.0. The van der Waals surface area contributed by atoms with Gasteiger partial charge in [-0.2, -0.15) is 13.2 Å². The Labute approximate surface area is 134 Å². The molecule has 0 amide bonds. The minimum Gasteiger partial charge on any atom is -0.343 e. The Bertz CT molecular complexity index is 450. The zero-order chi connectivity index (χ0) is 17.5. The standard InChI is InChI=1S/C17H25F3O3/c1-2-3-4-5-6-7-8-15(17(21,22)23)13-9-11-14(12-10-13)16(18,19)20/h9-12,15,21-23H,2-8H2,1H3. The lowest BCUT2D eigenvalue weighted by Gasteiger charge is -2.26. The van der Waals surface area contributed by atoms with Crippen molar-refractivity contribution in [1.29, 1.82) is 0 Å². The van der Waals surface area contributed by atoms with Crippen molar-refractivity contribution in [3.05, 3.63) is 35.4 Å². The molecule has 0 bridgehead atoms. The predicted molar refractivity (Wildman–Crippen MR) is 81.6 cm³/mol. The molecule has 23 heavy (non-hydrogen) atoms. The highest BCUT2D eigenvalue weighted by atomic mass is 19.4. The van der Waals surface area contributed by atoms with E-state index in [1.54, 1.807) is 0 Å². The molecule has 0 fully saturated rings. The van der Waals surface area contributed by atoms with Crippen molar-refractivity contribution in [3.8, 4) is 0 Å². The van der Waals surface area contributed by atoms with E-state index in [1.807, 2.05) is 0 Å². The minimum atomic E-state index is -4.44. The van der Waals surface area contributed by atoms with Crippen LogP contribution in [0.5, 0.6) is 0 Å². The van der Waals surface area contributed by atoms with Gasteiger partial charge in [-0.3, -0.25) is 0 Å². The molecule has 0 saturated carbocycles. The molecule has 132 valence electrons. The first-order valence-corrected chi connectivity index (χ1v) is 8.00. The predicted octanol–water partition coefficient (Wildman–Crippen LogP) is 4.17. The van der Waals surface area contributed by atoms with Crippen LogP contribution in [-0.2, 0) is 6.18 Å². The quantitative estimate of drug-likeness (QED) is 0.469. The lowest BCUT2D eigenvalue weighted by Crippen LogP contribution is -2.35. The van der Waals surface area contributed by atoms with Gasteiger partial charge in [-0.05, 0) is 24.1 Å². The maximum atomic E-state index is 12.6. The van der Waals surface area contributed by atoms with Gasteiger partial charge in [0.05, 0.1) is 11.5 Å². The van der Waals surface area contributed by atoms with Gasteiger partial charge in [-0.15, -0.1) is 0 Å². The van der Waals surface area contributed by atoms with Crippen LogP contribution in [0.1, 0.15) is 68.9 Å². The highest BCUT2D eigenvalue weighted by Crippen LogP contribution is 2.34. The van der Waals surface area contributed by atoms with Crippen molar-refractivity contribution < 1.29 is 28.5 Å². The molecule has 0 aromatic heterocycles. The van der Waals surface area contributed by atoms with E-state index in [4.69, 9.17) is 0 Å². The van der Waals surface area contributed by atoms with Crippen molar-refractivity contribution in [2.45, 2.75) is 69.9 Å². The zero-order valence-corrected chi connectivity index (χ0v) is 13.3. The van der Waals surface area contributed by atoms with Crippen LogP contribution in [-0.4, -0.2) is 21.3 Å². The summed E-state index contributed by atoms with van der Waals surface area (Å²) in [7, 11) is 0. The summed E-state index contributed by atoms with van der Waals surface area (Å²) in [6, 6.07) is 4.13. The first-order chi connectivity index (χ1) is 10.7.